The third-order valence-corrected chi connectivity index (χ3v) is 2.25. The van der Waals surface area contributed by atoms with E-state index in [1.807, 2.05) is 20.8 Å². The lowest BCUT2D eigenvalue weighted by atomic mass is 10.1. The Kier molecular flexibility index (Phi) is 4.44. The molecule has 1 rings (SSSR count). The van der Waals surface area contributed by atoms with Gasteiger partial charge in [0.15, 0.2) is 0 Å². The molecule has 3 N–H and O–H groups in total. The molecule has 0 radical (unpaired) electrons. The van der Waals surface area contributed by atoms with E-state index in [9.17, 15) is 4.79 Å². The Balaban J connectivity index is 0.00000144. The van der Waals surface area contributed by atoms with Gasteiger partial charge in [-0.15, -0.1) is 12.4 Å². The summed E-state index contributed by atoms with van der Waals surface area (Å²) in [5, 5.41) is 2.86. The molecule has 0 bridgehead atoms. The van der Waals surface area contributed by atoms with Crippen LogP contribution in [0.1, 0.15) is 27.2 Å². The van der Waals surface area contributed by atoms with Gasteiger partial charge < -0.3 is 11.1 Å². The maximum Gasteiger partial charge on any atom is 0.247 e. The highest BCUT2D eigenvalue weighted by molar-refractivity contribution is 5.93. The highest BCUT2D eigenvalue weighted by atomic mass is 35.5. The van der Waals surface area contributed by atoms with E-state index in [0.717, 1.165) is 17.6 Å². The molecule has 1 aliphatic rings. The summed E-state index contributed by atoms with van der Waals surface area (Å²) in [6.07, 6.45) is 0.918. The molecule has 2 unspecified atom stereocenters. The third-order valence-electron chi connectivity index (χ3n) is 2.25. The van der Waals surface area contributed by atoms with Crippen LogP contribution in [-0.4, -0.2) is 18.0 Å². The van der Waals surface area contributed by atoms with Gasteiger partial charge in [-0.05, 0) is 27.2 Å². The van der Waals surface area contributed by atoms with Crippen molar-refractivity contribution in [2.45, 2.75) is 39.3 Å². The van der Waals surface area contributed by atoms with Crippen LogP contribution in [0.4, 0.5) is 0 Å². The molecular formula is C9H17ClN2O. The molecule has 1 aliphatic carbocycles. The van der Waals surface area contributed by atoms with Crippen molar-refractivity contribution in [1.82, 2.24) is 5.32 Å². The van der Waals surface area contributed by atoms with Crippen LogP contribution < -0.4 is 11.1 Å². The summed E-state index contributed by atoms with van der Waals surface area (Å²) >= 11 is 0. The Bertz CT molecular complexity index is 234. The van der Waals surface area contributed by atoms with E-state index < -0.39 is 0 Å². The number of amides is 1. The number of hydrogen-bond donors (Lipinski definition) is 2. The first-order valence-corrected chi connectivity index (χ1v) is 4.23. The lowest BCUT2D eigenvalue weighted by molar-refractivity contribution is -0.117. The fourth-order valence-electron chi connectivity index (χ4n) is 0.884. The van der Waals surface area contributed by atoms with E-state index >= 15 is 0 Å². The number of rotatable bonds is 2. The Morgan fingerprint density at radius 2 is 1.85 bits per heavy atom. The largest absolute Gasteiger partial charge is 0.348 e. The van der Waals surface area contributed by atoms with E-state index in [2.05, 4.69) is 5.32 Å². The summed E-state index contributed by atoms with van der Waals surface area (Å²) in [7, 11) is 0. The minimum atomic E-state index is 0. The van der Waals surface area contributed by atoms with Crippen LogP contribution in [0.5, 0.6) is 0 Å². The second kappa shape index (κ2) is 4.63. The lowest BCUT2D eigenvalue weighted by Crippen LogP contribution is -2.30. The third kappa shape index (κ3) is 3.36. The van der Waals surface area contributed by atoms with Gasteiger partial charge in [-0.3, -0.25) is 4.79 Å². The first-order valence-electron chi connectivity index (χ1n) is 4.23. The van der Waals surface area contributed by atoms with Crippen molar-refractivity contribution < 1.29 is 4.79 Å². The fraction of sp³-hybridized carbons (Fsp3) is 0.667. The summed E-state index contributed by atoms with van der Waals surface area (Å²) in [4.78, 5) is 11.4. The summed E-state index contributed by atoms with van der Waals surface area (Å²) in [5.41, 5.74) is 7.42. The van der Waals surface area contributed by atoms with Crippen LogP contribution >= 0.6 is 12.4 Å². The normalized spacial score (nSPS) is 24.3. The molecular weight excluding hydrogens is 188 g/mol. The van der Waals surface area contributed by atoms with Crippen LogP contribution in [0, 0.1) is 0 Å². The summed E-state index contributed by atoms with van der Waals surface area (Å²) in [6.45, 7) is 5.70. The maximum absolute atomic E-state index is 11.4. The number of allylic oxidation sites excluding steroid dienone is 1. The van der Waals surface area contributed by atoms with Gasteiger partial charge in [0, 0.05) is 17.7 Å². The molecule has 0 aromatic rings. The molecule has 1 saturated carbocycles. The molecule has 0 spiro atoms. The predicted octanol–water partition coefficient (Wildman–Crippen LogP) is 0.980. The van der Waals surface area contributed by atoms with Crippen molar-refractivity contribution in [3.05, 3.63) is 11.1 Å². The van der Waals surface area contributed by atoms with Crippen molar-refractivity contribution in [2.75, 3.05) is 0 Å². The highest BCUT2D eigenvalue weighted by Crippen LogP contribution is 2.18. The van der Waals surface area contributed by atoms with E-state index in [4.69, 9.17) is 5.73 Å². The van der Waals surface area contributed by atoms with Crippen LogP contribution in [0.15, 0.2) is 11.1 Å². The molecule has 2 atom stereocenters. The lowest BCUT2D eigenvalue weighted by Gasteiger charge is -2.04. The van der Waals surface area contributed by atoms with E-state index in [-0.39, 0.29) is 30.4 Å². The molecule has 1 amide bonds. The summed E-state index contributed by atoms with van der Waals surface area (Å²) < 4.78 is 0. The van der Waals surface area contributed by atoms with Gasteiger partial charge in [0.05, 0.1) is 0 Å². The predicted molar refractivity (Wildman–Crippen MR) is 55.8 cm³/mol. The number of carbonyl (C=O) groups excluding carboxylic acids is 1. The first kappa shape index (κ1) is 12.5. The van der Waals surface area contributed by atoms with Gasteiger partial charge in [0.25, 0.3) is 0 Å². The summed E-state index contributed by atoms with van der Waals surface area (Å²) in [5.74, 6) is 0.0213. The quantitative estimate of drug-likeness (QED) is 0.659. The topological polar surface area (TPSA) is 55.1 Å². The number of nitrogens with one attached hydrogen (secondary N) is 1. The SMILES string of the molecule is CC(C)=C(C)C(=O)NC1CC1N.Cl. The average molecular weight is 205 g/mol. The van der Waals surface area contributed by atoms with Crippen LogP contribution in [0.25, 0.3) is 0 Å². The minimum Gasteiger partial charge on any atom is -0.348 e. The highest BCUT2D eigenvalue weighted by Gasteiger charge is 2.34. The standard InChI is InChI=1S/C9H16N2O.ClH/c1-5(2)6(3)9(12)11-8-4-7(8)10;/h7-8H,4,10H2,1-3H3,(H,11,12);1H. The molecule has 1 fully saturated rings. The minimum absolute atomic E-state index is 0. The van der Waals surface area contributed by atoms with E-state index in [1.54, 1.807) is 0 Å². The molecule has 0 aliphatic heterocycles. The maximum atomic E-state index is 11.4. The second-order valence-corrected chi connectivity index (χ2v) is 3.60. The molecule has 13 heavy (non-hydrogen) atoms. The van der Waals surface area contributed by atoms with Crippen LogP contribution in [0.3, 0.4) is 0 Å². The fourth-order valence-corrected chi connectivity index (χ4v) is 0.884. The number of nitrogens with two attached hydrogens (primary N) is 1. The number of halogens is 1. The Morgan fingerprint density at radius 3 is 2.15 bits per heavy atom. The van der Waals surface area contributed by atoms with Gasteiger partial charge in [0.2, 0.25) is 5.91 Å². The summed E-state index contributed by atoms with van der Waals surface area (Å²) in [6, 6.07) is 0.394. The van der Waals surface area contributed by atoms with Crippen molar-refractivity contribution in [3.63, 3.8) is 0 Å². The van der Waals surface area contributed by atoms with E-state index in [0.29, 0.717) is 0 Å². The van der Waals surface area contributed by atoms with Gasteiger partial charge in [-0.1, -0.05) is 5.57 Å². The molecule has 4 heteroatoms. The zero-order chi connectivity index (χ0) is 9.30. The van der Waals surface area contributed by atoms with Gasteiger partial charge in [0.1, 0.15) is 0 Å². The van der Waals surface area contributed by atoms with Crippen LogP contribution in [-0.2, 0) is 4.79 Å². The van der Waals surface area contributed by atoms with Crippen molar-refractivity contribution in [1.29, 1.82) is 0 Å². The molecule has 3 nitrogen and oxygen atoms in total. The first-order chi connectivity index (χ1) is 5.52. The van der Waals surface area contributed by atoms with Gasteiger partial charge in [-0.2, -0.15) is 0 Å². The Labute approximate surface area is 85.2 Å². The van der Waals surface area contributed by atoms with Crippen molar-refractivity contribution in [3.8, 4) is 0 Å². The zero-order valence-corrected chi connectivity index (χ0v) is 9.07. The van der Waals surface area contributed by atoms with Gasteiger partial charge >= 0.3 is 0 Å². The Morgan fingerprint density at radius 1 is 1.38 bits per heavy atom. The molecule has 0 aromatic carbocycles. The monoisotopic (exact) mass is 204 g/mol. The van der Waals surface area contributed by atoms with Crippen molar-refractivity contribution in [2.24, 2.45) is 5.73 Å². The molecule has 0 saturated heterocycles. The second-order valence-electron chi connectivity index (χ2n) is 3.60. The van der Waals surface area contributed by atoms with Gasteiger partial charge in [-0.25, -0.2) is 0 Å². The zero-order valence-electron chi connectivity index (χ0n) is 8.26. The number of hydrogen-bond acceptors (Lipinski definition) is 2. The number of carbonyl (C=O) groups is 1. The van der Waals surface area contributed by atoms with Crippen LogP contribution in [0.2, 0.25) is 0 Å². The Hall–Kier alpha value is -0.540. The molecule has 0 heterocycles. The van der Waals surface area contributed by atoms with Crippen molar-refractivity contribution >= 4 is 18.3 Å². The van der Waals surface area contributed by atoms with E-state index in [1.165, 1.54) is 0 Å². The molecule has 0 aromatic heterocycles. The smallest absolute Gasteiger partial charge is 0.247 e. The molecule has 76 valence electrons. The average Bonchev–Trinajstić information content (AvgIpc) is 2.64.